The van der Waals surface area contributed by atoms with Crippen LogP contribution in [0.5, 0.6) is 0 Å². The molecule has 0 saturated carbocycles. The fourth-order valence-corrected chi connectivity index (χ4v) is 3.63. The van der Waals surface area contributed by atoms with Crippen LogP contribution in [-0.2, 0) is 0 Å². The number of nitrogens with one attached hydrogen (secondary N) is 1. The van der Waals surface area contributed by atoms with Gasteiger partial charge in [-0.15, -0.1) is 0 Å². The number of urea groups is 1. The number of rotatable bonds is 3. The van der Waals surface area contributed by atoms with Crippen molar-refractivity contribution in [2.75, 3.05) is 24.5 Å². The van der Waals surface area contributed by atoms with E-state index >= 15 is 0 Å². The van der Waals surface area contributed by atoms with Crippen LogP contribution in [0.15, 0.2) is 48.8 Å². The molecule has 3 heterocycles. The summed E-state index contributed by atoms with van der Waals surface area (Å²) >= 11 is 0. The molecule has 1 aromatic heterocycles. The summed E-state index contributed by atoms with van der Waals surface area (Å²) in [7, 11) is 0. The van der Waals surface area contributed by atoms with Crippen LogP contribution in [0.25, 0.3) is 0 Å². The fourth-order valence-electron chi connectivity index (χ4n) is 3.63. The molecule has 6 nitrogen and oxygen atoms in total. The summed E-state index contributed by atoms with van der Waals surface area (Å²) in [5.41, 5.74) is 2.51. The number of carbonyl (C=O) groups excluding carboxylic acids is 2. The highest BCUT2D eigenvalue weighted by molar-refractivity contribution is 5.98. The topological polar surface area (TPSA) is 65.5 Å². The second kappa shape index (κ2) is 6.55. The standard InChI is InChI=1S/C19H20N4O2/c24-18(23-11-2-5-17(23)14-6-8-20-9-7-14)15-3-1-4-16(13-15)22-12-10-21-19(22)25/h1,3-4,6-9,13,17H,2,5,10-12H2,(H,21,25)/t17-/m0/s1. The van der Waals surface area contributed by atoms with E-state index in [9.17, 15) is 9.59 Å². The van der Waals surface area contributed by atoms with Crippen LogP contribution in [0.2, 0.25) is 0 Å². The van der Waals surface area contributed by atoms with Crippen molar-refractivity contribution in [1.82, 2.24) is 15.2 Å². The van der Waals surface area contributed by atoms with E-state index in [0.717, 1.165) is 30.6 Å². The maximum Gasteiger partial charge on any atom is 0.321 e. The molecule has 2 aromatic rings. The summed E-state index contributed by atoms with van der Waals surface area (Å²) in [6.07, 6.45) is 5.49. The number of nitrogens with zero attached hydrogens (tertiary/aromatic N) is 3. The molecule has 0 aliphatic carbocycles. The number of amides is 3. The third-order valence-corrected chi connectivity index (χ3v) is 4.87. The zero-order valence-corrected chi connectivity index (χ0v) is 13.9. The lowest BCUT2D eigenvalue weighted by Crippen LogP contribution is -2.31. The van der Waals surface area contributed by atoms with Crippen LogP contribution in [0.3, 0.4) is 0 Å². The number of carbonyl (C=O) groups is 2. The van der Waals surface area contributed by atoms with Gasteiger partial charge in [0, 0.05) is 43.3 Å². The SMILES string of the molecule is O=C1NCCN1c1cccc(C(=O)N2CCC[C@H]2c2ccncc2)c1. The first-order valence-corrected chi connectivity index (χ1v) is 8.60. The lowest BCUT2D eigenvalue weighted by atomic mass is 10.1. The first-order valence-electron chi connectivity index (χ1n) is 8.60. The summed E-state index contributed by atoms with van der Waals surface area (Å²) in [5, 5.41) is 2.79. The second-order valence-corrected chi connectivity index (χ2v) is 6.37. The van der Waals surface area contributed by atoms with Crippen molar-refractivity contribution >= 4 is 17.6 Å². The molecular weight excluding hydrogens is 316 g/mol. The van der Waals surface area contributed by atoms with Crippen LogP contribution < -0.4 is 10.2 Å². The molecule has 2 saturated heterocycles. The van der Waals surface area contributed by atoms with Crippen LogP contribution >= 0.6 is 0 Å². The van der Waals surface area contributed by atoms with Crippen molar-refractivity contribution in [1.29, 1.82) is 0 Å². The van der Waals surface area contributed by atoms with Gasteiger partial charge in [0.25, 0.3) is 5.91 Å². The zero-order valence-electron chi connectivity index (χ0n) is 13.9. The van der Waals surface area contributed by atoms with Gasteiger partial charge in [0.1, 0.15) is 0 Å². The fraction of sp³-hybridized carbons (Fsp3) is 0.316. The molecule has 0 radical (unpaired) electrons. The first kappa shape index (κ1) is 15.6. The maximum absolute atomic E-state index is 13.1. The molecule has 2 fully saturated rings. The van der Waals surface area contributed by atoms with Crippen molar-refractivity contribution in [2.24, 2.45) is 0 Å². The Morgan fingerprint density at radius 3 is 2.76 bits per heavy atom. The van der Waals surface area contributed by atoms with Crippen LogP contribution in [0.4, 0.5) is 10.5 Å². The molecule has 1 atom stereocenters. The summed E-state index contributed by atoms with van der Waals surface area (Å²) in [5.74, 6) is 0.0146. The number of anilines is 1. The number of pyridine rings is 1. The molecular formula is C19H20N4O2. The van der Waals surface area contributed by atoms with E-state index in [0.29, 0.717) is 18.7 Å². The smallest absolute Gasteiger partial charge is 0.321 e. The molecule has 4 rings (SSSR count). The highest BCUT2D eigenvalue weighted by Gasteiger charge is 2.31. The highest BCUT2D eigenvalue weighted by Crippen LogP contribution is 2.33. The van der Waals surface area contributed by atoms with Gasteiger partial charge in [-0.1, -0.05) is 6.07 Å². The average molecular weight is 336 g/mol. The molecule has 6 heteroatoms. The lowest BCUT2D eigenvalue weighted by molar-refractivity contribution is 0.0735. The Labute approximate surface area is 146 Å². The van der Waals surface area contributed by atoms with Crippen molar-refractivity contribution in [2.45, 2.75) is 18.9 Å². The Morgan fingerprint density at radius 2 is 2.00 bits per heavy atom. The molecule has 3 amide bonds. The van der Waals surface area contributed by atoms with Crippen molar-refractivity contribution < 1.29 is 9.59 Å². The molecule has 1 aromatic carbocycles. The number of hydrogen-bond acceptors (Lipinski definition) is 3. The molecule has 25 heavy (non-hydrogen) atoms. The lowest BCUT2D eigenvalue weighted by Gasteiger charge is -2.25. The van der Waals surface area contributed by atoms with Gasteiger partial charge < -0.3 is 10.2 Å². The summed E-state index contributed by atoms with van der Waals surface area (Å²) in [6.45, 7) is 2.01. The Morgan fingerprint density at radius 1 is 1.16 bits per heavy atom. The van der Waals surface area contributed by atoms with E-state index in [2.05, 4.69) is 10.3 Å². The largest absolute Gasteiger partial charge is 0.336 e. The van der Waals surface area contributed by atoms with Gasteiger partial charge in [0.05, 0.1) is 6.04 Å². The van der Waals surface area contributed by atoms with Crippen molar-refractivity contribution in [3.05, 3.63) is 59.9 Å². The Kier molecular flexibility index (Phi) is 4.09. The van der Waals surface area contributed by atoms with E-state index in [1.165, 1.54) is 0 Å². The highest BCUT2D eigenvalue weighted by atomic mass is 16.2. The zero-order chi connectivity index (χ0) is 17.2. The van der Waals surface area contributed by atoms with Crippen molar-refractivity contribution in [3.8, 4) is 0 Å². The minimum Gasteiger partial charge on any atom is -0.336 e. The first-order chi connectivity index (χ1) is 12.2. The van der Waals surface area contributed by atoms with E-state index < -0.39 is 0 Å². The monoisotopic (exact) mass is 336 g/mol. The third kappa shape index (κ3) is 2.95. The predicted molar refractivity (Wildman–Crippen MR) is 94.4 cm³/mol. The van der Waals surface area contributed by atoms with E-state index in [1.54, 1.807) is 17.3 Å². The van der Waals surface area contributed by atoms with Crippen molar-refractivity contribution in [3.63, 3.8) is 0 Å². The number of aromatic nitrogens is 1. The van der Waals surface area contributed by atoms with Crippen LogP contribution in [0.1, 0.15) is 34.8 Å². The molecule has 0 spiro atoms. The molecule has 2 aliphatic heterocycles. The number of hydrogen-bond donors (Lipinski definition) is 1. The predicted octanol–water partition coefficient (Wildman–Crippen LogP) is 2.59. The minimum absolute atomic E-state index is 0.0146. The Balaban J connectivity index is 1.59. The number of benzene rings is 1. The second-order valence-electron chi connectivity index (χ2n) is 6.37. The van der Waals surface area contributed by atoms with E-state index in [-0.39, 0.29) is 18.0 Å². The van der Waals surface area contributed by atoms with Gasteiger partial charge in [0.2, 0.25) is 0 Å². The normalized spacial score (nSPS) is 20.0. The quantitative estimate of drug-likeness (QED) is 0.937. The Bertz CT molecular complexity index is 793. The number of likely N-dealkylation sites (tertiary alicyclic amines) is 1. The summed E-state index contributed by atoms with van der Waals surface area (Å²) in [6, 6.07) is 11.3. The van der Waals surface area contributed by atoms with Gasteiger partial charge in [-0.25, -0.2) is 4.79 Å². The summed E-state index contributed by atoms with van der Waals surface area (Å²) in [4.78, 5) is 32.6. The van der Waals surface area contributed by atoms with E-state index in [4.69, 9.17) is 0 Å². The average Bonchev–Trinajstić information content (AvgIpc) is 3.31. The third-order valence-electron chi connectivity index (χ3n) is 4.87. The molecule has 0 unspecified atom stereocenters. The van der Waals surface area contributed by atoms with Gasteiger partial charge in [-0.05, 0) is 48.7 Å². The van der Waals surface area contributed by atoms with Gasteiger partial charge in [-0.3, -0.25) is 14.7 Å². The van der Waals surface area contributed by atoms with Gasteiger partial charge >= 0.3 is 6.03 Å². The van der Waals surface area contributed by atoms with Gasteiger partial charge in [0.15, 0.2) is 0 Å². The Hall–Kier alpha value is -2.89. The molecule has 1 N–H and O–H groups in total. The van der Waals surface area contributed by atoms with Crippen LogP contribution in [-0.4, -0.2) is 41.5 Å². The molecule has 128 valence electrons. The molecule has 2 aliphatic rings. The van der Waals surface area contributed by atoms with Crippen LogP contribution in [0, 0.1) is 0 Å². The minimum atomic E-state index is -0.111. The van der Waals surface area contributed by atoms with E-state index in [1.807, 2.05) is 41.3 Å². The summed E-state index contributed by atoms with van der Waals surface area (Å²) < 4.78 is 0. The maximum atomic E-state index is 13.1. The molecule has 0 bridgehead atoms. The van der Waals surface area contributed by atoms with Gasteiger partial charge in [-0.2, -0.15) is 0 Å².